The maximum atomic E-state index is 14.3. The van der Waals surface area contributed by atoms with Crippen molar-refractivity contribution in [1.82, 2.24) is 0 Å². The van der Waals surface area contributed by atoms with Gasteiger partial charge in [0.05, 0.1) is 19.3 Å². The van der Waals surface area contributed by atoms with E-state index in [9.17, 15) is 12.8 Å². The maximum absolute atomic E-state index is 14.3. The molecule has 27 heavy (non-hydrogen) atoms. The minimum absolute atomic E-state index is 0.0180. The van der Waals surface area contributed by atoms with Crippen molar-refractivity contribution >= 4 is 15.7 Å². The Hall–Kier alpha value is -2.86. The first-order chi connectivity index (χ1) is 12.9. The van der Waals surface area contributed by atoms with Crippen molar-refractivity contribution in [3.05, 3.63) is 89.7 Å². The van der Waals surface area contributed by atoms with Gasteiger partial charge in [-0.05, 0) is 42.8 Å². The summed E-state index contributed by atoms with van der Waals surface area (Å²) in [5.74, 6) is -0.214. The summed E-state index contributed by atoms with van der Waals surface area (Å²) < 4.78 is 47.5. The number of ether oxygens (including phenoxy) is 1. The molecular formula is C21H20FNO3S. The molecule has 3 aromatic carbocycles. The lowest BCUT2D eigenvalue weighted by Gasteiger charge is -2.26. The fraction of sp³-hybridized carbons (Fsp3) is 0.143. The zero-order chi connectivity index (χ0) is 19.4. The van der Waals surface area contributed by atoms with Crippen LogP contribution >= 0.6 is 0 Å². The highest BCUT2D eigenvalue weighted by Gasteiger charge is 2.28. The van der Waals surface area contributed by atoms with Crippen LogP contribution in [0.1, 0.15) is 11.1 Å². The first-order valence-electron chi connectivity index (χ1n) is 8.39. The topological polar surface area (TPSA) is 46.6 Å². The lowest BCUT2D eigenvalue weighted by Crippen LogP contribution is -2.31. The van der Waals surface area contributed by atoms with Crippen LogP contribution in [0, 0.1) is 12.7 Å². The van der Waals surface area contributed by atoms with Crippen LogP contribution in [0.15, 0.2) is 77.7 Å². The number of aryl methyl sites for hydroxylation is 1. The van der Waals surface area contributed by atoms with E-state index < -0.39 is 15.8 Å². The van der Waals surface area contributed by atoms with Gasteiger partial charge in [-0.2, -0.15) is 0 Å². The van der Waals surface area contributed by atoms with Crippen molar-refractivity contribution in [2.45, 2.75) is 18.4 Å². The van der Waals surface area contributed by atoms with Crippen LogP contribution in [0.4, 0.5) is 10.1 Å². The molecule has 0 unspecified atom stereocenters. The van der Waals surface area contributed by atoms with Gasteiger partial charge in [-0.25, -0.2) is 12.8 Å². The number of benzene rings is 3. The van der Waals surface area contributed by atoms with Crippen LogP contribution in [0.5, 0.6) is 5.75 Å². The predicted octanol–water partition coefficient (Wildman–Crippen LogP) is 4.54. The molecule has 0 aliphatic carbocycles. The first-order valence-corrected chi connectivity index (χ1v) is 9.83. The van der Waals surface area contributed by atoms with E-state index in [1.54, 1.807) is 30.3 Å². The Labute approximate surface area is 158 Å². The van der Waals surface area contributed by atoms with Crippen LogP contribution in [-0.4, -0.2) is 15.5 Å². The summed E-state index contributed by atoms with van der Waals surface area (Å²) in [5, 5.41) is 0. The molecule has 0 atom stereocenters. The minimum atomic E-state index is -4.12. The third-order valence-corrected chi connectivity index (χ3v) is 6.01. The number of rotatable bonds is 6. The second-order valence-electron chi connectivity index (χ2n) is 6.09. The zero-order valence-electron chi connectivity index (χ0n) is 15.1. The normalized spacial score (nSPS) is 11.2. The van der Waals surface area contributed by atoms with E-state index in [4.69, 9.17) is 4.74 Å². The molecule has 0 aromatic heterocycles. The van der Waals surface area contributed by atoms with E-state index in [-0.39, 0.29) is 11.4 Å². The van der Waals surface area contributed by atoms with Crippen molar-refractivity contribution in [3.8, 4) is 5.75 Å². The highest BCUT2D eigenvalue weighted by molar-refractivity contribution is 7.92. The van der Waals surface area contributed by atoms with Gasteiger partial charge in [-0.3, -0.25) is 4.31 Å². The lowest BCUT2D eigenvalue weighted by molar-refractivity contribution is 0.410. The minimum Gasteiger partial charge on any atom is -0.496 e. The molecule has 0 N–H and O–H groups in total. The largest absolute Gasteiger partial charge is 0.496 e. The van der Waals surface area contributed by atoms with Crippen molar-refractivity contribution in [2.75, 3.05) is 11.4 Å². The average Bonchev–Trinajstić information content (AvgIpc) is 2.66. The molecule has 0 aliphatic rings. The standard InChI is InChI=1S/C21H20FNO3S/c1-16-8-7-10-18(14-16)23(15-17-9-3-5-12-20(17)26-2)27(24,25)21-13-6-4-11-19(21)22/h3-14H,15H2,1-2H3. The molecule has 3 rings (SSSR count). The van der Waals surface area contributed by atoms with Crippen molar-refractivity contribution < 1.29 is 17.5 Å². The van der Waals surface area contributed by atoms with Crippen molar-refractivity contribution in [1.29, 1.82) is 0 Å². The highest BCUT2D eigenvalue weighted by Crippen LogP contribution is 2.30. The Morgan fingerprint density at radius 2 is 1.67 bits per heavy atom. The average molecular weight is 385 g/mol. The zero-order valence-corrected chi connectivity index (χ0v) is 15.9. The fourth-order valence-electron chi connectivity index (χ4n) is 2.86. The Kier molecular flexibility index (Phi) is 5.46. The van der Waals surface area contributed by atoms with E-state index in [2.05, 4.69) is 0 Å². The molecule has 0 heterocycles. The van der Waals surface area contributed by atoms with E-state index in [1.165, 1.54) is 29.6 Å². The second kappa shape index (κ2) is 7.80. The van der Waals surface area contributed by atoms with Gasteiger partial charge in [0.1, 0.15) is 16.5 Å². The Balaban J connectivity index is 2.15. The molecule has 0 fully saturated rings. The summed E-state index contributed by atoms with van der Waals surface area (Å²) in [5.41, 5.74) is 2.05. The van der Waals surface area contributed by atoms with Gasteiger partial charge in [0.15, 0.2) is 0 Å². The molecule has 6 heteroatoms. The van der Waals surface area contributed by atoms with Crippen LogP contribution in [0.3, 0.4) is 0 Å². The van der Waals surface area contributed by atoms with Gasteiger partial charge in [0.2, 0.25) is 0 Å². The number of hydrogen-bond acceptors (Lipinski definition) is 3. The number of sulfonamides is 1. The maximum Gasteiger partial charge on any atom is 0.267 e. The number of para-hydroxylation sites is 1. The summed E-state index contributed by atoms with van der Waals surface area (Å²) in [6.45, 7) is 1.89. The van der Waals surface area contributed by atoms with Gasteiger partial charge < -0.3 is 4.74 Å². The molecule has 0 amide bonds. The summed E-state index contributed by atoms with van der Waals surface area (Å²) in [6, 6.07) is 19.7. The van der Waals surface area contributed by atoms with Gasteiger partial charge in [0.25, 0.3) is 10.0 Å². The van der Waals surface area contributed by atoms with E-state index in [1.807, 2.05) is 25.1 Å². The SMILES string of the molecule is COc1ccccc1CN(c1cccc(C)c1)S(=O)(=O)c1ccccc1F. The van der Waals surface area contributed by atoms with Gasteiger partial charge in [0, 0.05) is 5.56 Å². The Morgan fingerprint density at radius 3 is 2.37 bits per heavy atom. The highest BCUT2D eigenvalue weighted by atomic mass is 32.2. The smallest absolute Gasteiger partial charge is 0.267 e. The molecular weight excluding hydrogens is 365 g/mol. The summed E-state index contributed by atoms with van der Waals surface area (Å²) in [7, 11) is -2.59. The summed E-state index contributed by atoms with van der Waals surface area (Å²) in [6.07, 6.45) is 0. The van der Waals surface area contributed by atoms with Crippen molar-refractivity contribution in [3.63, 3.8) is 0 Å². The number of hydrogen-bond donors (Lipinski definition) is 0. The van der Waals surface area contributed by atoms with E-state index >= 15 is 0 Å². The molecule has 0 bridgehead atoms. The van der Waals surface area contributed by atoms with Gasteiger partial charge in [-0.15, -0.1) is 0 Å². The predicted molar refractivity (Wildman–Crippen MR) is 104 cm³/mol. The number of nitrogens with zero attached hydrogens (tertiary/aromatic N) is 1. The molecule has 0 saturated heterocycles. The number of halogens is 1. The fourth-order valence-corrected chi connectivity index (χ4v) is 4.36. The lowest BCUT2D eigenvalue weighted by atomic mass is 10.2. The summed E-state index contributed by atoms with van der Waals surface area (Å²) in [4.78, 5) is -0.360. The molecule has 0 aliphatic heterocycles. The molecule has 3 aromatic rings. The van der Waals surface area contributed by atoms with Crippen molar-refractivity contribution in [2.24, 2.45) is 0 Å². The molecule has 140 valence electrons. The second-order valence-corrected chi connectivity index (χ2v) is 7.92. The van der Waals surface area contributed by atoms with Crippen LogP contribution in [-0.2, 0) is 16.6 Å². The number of methoxy groups -OCH3 is 1. The molecule has 0 radical (unpaired) electrons. The van der Waals surface area contributed by atoms with E-state index in [0.29, 0.717) is 17.0 Å². The summed E-state index contributed by atoms with van der Waals surface area (Å²) >= 11 is 0. The monoisotopic (exact) mass is 385 g/mol. The Bertz CT molecular complexity index is 1050. The van der Waals surface area contributed by atoms with Crippen LogP contribution in [0.2, 0.25) is 0 Å². The molecule has 4 nitrogen and oxygen atoms in total. The van der Waals surface area contributed by atoms with Gasteiger partial charge >= 0.3 is 0 Å². The number of anilines is 1. The molecule has 0 saturated carbocycles. The van der Waals surface area contributed by atoms with Crippen LogP contribution in [0.25, 0.3) is 0 Å². The van der Waals surface area contributed by atoms with E-state index in [0.717, 1.165) is 11.6 Å². The quantitative estimate of drug-likeness (QED) is 0.626. The third-order valence-electron chi connectivity index (χ3n) is 4.20. The first kappa shape index (κ1) is 18.9. The molecule has 0 spiro atoms. The van der Waals surface area contributed by atoms with Crippen LogP contribution < -0.4 is 9.04 Å². The Morgan fingerprint density at radius 1 is 0.963 bits per heavy atom. The van der Waals surface area contributed by atoms with Gasteiger partial charge in [-0.1, -0.05) is 42.5 Å². The third kappa shape index (κ3) is 3.95.